The zero-order chi connectivity index (χ0) is 15.6. The molecule has 1 aromatic carbocycles. The standard InChI is InChI=1S/C18H20N2O2/c1-2-13(8-11-19)14-6-7-16-15(12-14)18(22-17(21)20-16)9-4-3-5-10-18/h6-8,12H,2-5,9-10H2,1H3,(H,20,21). The van der Waals surface area contributed by atoms with Gasteiger partial charge in [0.15, 0.2) is 0 Å². The quantitative estimate of drug-likeness (QED) is 0.803. The number of carbonyl (C=O) groups is 1. The Morgan fingerprint density at radius 2 is 2.18 bits per heavy atom. The molecule has 0 saturated heterocycles. The Labute approximate surface area is 130 Å². The maximum absolute atomic E-state index is 11.9. The van der Waals surface area contributed by atoms with E-state index >= 15 is 0 Å². The summed E-state index contributed by atoms with van der Waals surface area (Å²) in [5.41, 5.74) is 3.45. The van der Waals surface area contributed by atoms with E-state index in [4.69, 9.17) is 10.00 Å². The van der Waals surface area contributed by atoms with Crippen LogP contribution in [0.4, 0.5) is 10.5 Å². The van der Waals surface area contributed by atoms with Gasteiger partial charge in [-0.15, -0.1) is 0 Å². The number of amides is 1. The van der Waals surface area contributed by atoms with Crippen LogP contribution in [-0.4, -0.2) is 6.09 Å². The molecule has 0 atom stereocenters. The Balaban J connectivity index is 2.09. The molecule has 1 heterocycles. The van der Waals surface area contributed by atoms with E-state index < -0.39 is 5.60 Å². The summed E-state index contributed by atoms with van der Waals surface area (Å²) in [6.45, 7) is 2.04. The molecule has 1 aliphatic carbocycles. The predicted octanol–water partition coefficient (Wildman–Crippen LogP) is 4.73. The summed E-state index contributed by atoms with van der Waals surface area (Å²) in [7, 11) is 0. The van der Waals surface area contributed by atoms with Crippen molar-refractivity contribution in [2.45, 2.75) is 51.0 Å². The Morgan fingerprint density at radius 3 is 2.86 bits per heavy atom. The van der Waals surface area contributed by atoms with Crippen LogP contribution in [0.25, 0.3) is 5.57 Å². The molecule has 1 N–H and O–H groups in total. The van der Waals surface area contributed by atoms with Gasteiger partial charge in [-0.1, -0.05) is 19.4 Å². The molecule has 1 amide bonds. The van der Waals surface area contributed by atoms with E-state index in [0.717, 1.165) is 54.5 Å². The van der Waals surface area contributed by atoms with Crippen LogP contribution in [0.5, 0.6) is 0 Å². The van der Waals surface area contributed by atoms with Gasteiger partial charge in [0.25, 0.3) is 0 Å². The summed E-state index contributed by atoms with van der Waals surface area (Å²) in [6.07, 6.45) is 7.13. The lowest BCUT2D eigenvalue weighted by atomic mass is 9.77. The summed E-state index contributed by atoms with van der Waals surface area (Å²) in [5, 5.41) is 11.7. The number of nitriles is 1. The number of ether oxygens (including phenoxy) is 1. The van der Waals surface area contributed by atoms with E-state index in [-0.39, 0.29) is 6.09 Å². The van der Waals surface area contributed by atoms with Crippen LogP contribution in [0, 0.1) is 11.3 Å². The second-order valence-electron chi connectivity index (χ2n) is 5.98. The third-order valence-electron chi connectivity index (χ3n) is 4.69. The van der Waals surface area contributed by atoms with Crippen molar-refractivity contribution in [3.8, 4) is 6.07 Å². The van der Waals surface area contributed by atoms with Crippen molar-refractivity contribution in [1.82, 2.24) is 0 Å². The molecule has 1 aromatic rings. The summed E-state index contributed by atoms with van der Waals surface area (Å²) in [6, 6.07) is 8.10. The van der Waals surface area contributed by atoms with Gasteiger partial charge in [-0.2, -0.15) is 5.26 Å². The van der Waals surface area contributed by atoms with Gasteiger partial charge in [-0.25, -0.2) is 4.79 Å². The average Bonchev–Trinajstić information content (AvgIpc) is 2.53. The van der Waals surface area contributed by atoms with E-state index in [9.17, 15) is 4.79 Å². The number of benzene rings is 1. The number of nitrogens with one attached hydrogen (secondary N) is 1. The second-order valence-corrected chi connectivity index (χ2v) is 5.98. The molecular weight excluding hydrogens is 276 g/mol. The van der Waals surface area contributed by atoms with Crippen LogP contribution in [0.1, 0.15) is 56.6 Å². The van der Waals surface area contributed by atoms with E-state index in [1.807, 2.05) is 19.1 Å². The molecule has 1 saturated carbocycles. The maximum atomic E-state index is 11.9. The molecule has 1 spiro atoms. The van der Waals surface area contributed by atoms with Crippen molar-refractivity contribution in [2.75, 3.05) is 5.32 Å². The van der Waals surface area contributed by atoms with Gasteiger partial charge in [0.05, 0.1) is 11.8 Å². The first-order chi connectivity index (χ1) is 10.7. The highest BCUT2D eigenvalue weighted by atomic mass is 16.6. The highest BCUT2D eigenvalue weighted by molar-refractivity contribution is 5.89. The molecule has 114 valence electrons. The minimum absolute atomic E-state index is 0.356. The number of carbonyl (C=O) groups excluding carboxylic acids is 1. The summed E-state index contributed by atoms with van der Waals surface area (Å²) < 4.78 is 5.74. The average molecular weight is 296 g/mol. The Morgan fingerprint density at radius 1 is 1.41 bits per heavy atom. The van der Waals surface area contributed by atoms with Gasteiger partial charge in [0, 0.05) is 11.6 Å². The molecule has 1 aliphatic heterocycles. The fourth-order valence-corrected chi connectivity index (χ4v) is 3.56. The van der Waals surface area contributed by atoms with E-state index in [1.54, 1.807) is 6.08 Å². The molecule has 4 heteroatoms. The van der Waals surface area contributed by atoms with Crippen LogP contribution >= 0.6 is 0 Å². The first kappa shape index (κ1) is 14.6. The highest BCUT2D eigenvalue weighted by Gasteiger charge is 2.42. The van der Waals surface area contributed by atoms with E-state index in [2.05, 4.69) is 17.5 Å². The molecular formula is C18H20N2O2. The van der Waals surface area contributed by atoms with Crippen molar-refractivity contribution in [3.63, 3.8) is 0 Å². The molecule has 0 aromatic heterocycles. The minimum atomic E-state index is -0.489. The van der Waals surface area contributed by atoms with Gasteiger partial charge in [-0.05, 0) is 55.4 Å². The fourth-order valence-electron chi connectivity index (χ4n) is 3.56. The van der Waals surface area contributed by atoms with Crippen molar-refractivity contribution in [1.29, 1.82) is 5.26 Å². The molecule has 0 radical (unpaired) electrons. The van der Waals surface area contributed by atoms with Crippen molar-refractivity contribution in [2.24, 2.45) is 0 Å². The number of allylic oxidation sites excluding steroid dienone is 2. The number of hydrogen-bond donors (Lipinski definition) is 1. The van der Waals surface area contributed by atoms with Crippen LogP contribution in [0.2, 0.25) is 0 Å². The topological polar surface area (TPSA) is 62.1 Å². The van der Waals surface area contributed by atoms with E-state index in [1.165, 1.54) is 6.42 Å². The molecule has 0 bridgehead atoms. The zero-order valence-corrected chi connectivity index (χ0v) is 12.8. The zero-order valence-electron chi connectivity index (χ0n) is 12.8. The third-order valence-corrected chi connectivity index (χ3v) is 4.69. The van der Waals surface area contributed by atoms with Gasteiger partial charge in [0.2, 0.25) is 0 Å². The SMILES string of the molecule is CCC(=CC#N)c1ccc2c(c1)C1(CCCCC1)OC(=O)N2. The number of anilines is 1. The lowest BCUT2D eigenvalue weighted by Crippen LogP contribution is -2.41. The molecule has 0 unspecified atom stereocenters. The van der Waals surface area contributed by atoms with Gasteiger partial charge in [-0.3, -0.25) is 5.32 Å². The molecule has 2 aliphatic rings. The summed E-state index contributed by atoms with van der Waals surface area (Å²) >= 11 is 0. The normalized spacial score (nSPS) is 19.8. The largest absolute Gasteiger partial charge is 0.438 e. The third kappa shape index (κ3) is 2.48. The van der Waals surface area contributed by atoms with Gasteiger partial charge < -0.3 is 4.74 Å². The Hall–Kier alpha value is -2.28. The molecule has 22 heavy (non-hydrogen) atoms. The number of rotatable bonds is 2. The van der Waals surface area contributed by atoms with Crippen molar-refractivity contribution in [3.05, 3.63) is 35.4 Å². The van der Waals surface area contributed by atoms with Crippen LogP contribution in [-0.2, 0) is 10.3 Å². The molecule has 4 nitrogen and oxygen atoms in total. The van der Waals surface area contributed by atoms with Gasteiger partial charge in [0.1, 0.15) is 5.60 Å². The number of fused-ring (bicyclic) bond motifs is 2. The van der Waals surface area contributed by atoms with Gasteiger partial charge >= 0.3 is 6.09 Å². The van der Waals surface area contributed by atoms with Crippen molar-refractivity contribution < 1.29 is 9.53 Å². The minimum Gasteiger partial charge on any atom is -0.438 e. The number of nitrogens with zero attached hydrogens (tertiary/aromatic N) is 1. The van der Waals surface area contributed by atoms with Crippen LogP contribution in [0.3, 0.4) is 0 Å². The maximum Gasteiger partial charge on any atom is 0.412 e. The predicted molar refractivity (Wildman–Crippen MR) is 85.2 cm³/mol. The number of hydrogen-bond acceptors (Lipinski definition) is 3. The highest BCUT2D eigenvalue weighted by Crippen LogP contribution is 2.46. The fraction of sp³-hybridized carbons (Fsp3) is 0.444. The van der Waals surface area contributed by atoms with E-state index in [0.29, 0.717) is 0 Å². The summed E-state index contributed by atoms with van der Waals surface area (Å²) in [5.74, 6) is 0. The Bertz CT molecular complexity index is 664. The molecule has 3 rings (SSSR count). The first-order valence-electron chi connectivity index (χ1n) is 7.92. The lowest BCUT2D eigenvalue weighted by Gasteiger charge is -2.41. The van der Waals surface area contributed by atoms with Crippen LogP contribution in [0.15, 0.2) is 24.3 Å². The lowest BCUT2D eigenvalue weighted by molar-refractivity contribution is -0.0179. The monoisotopic (exact) mass is 296 g/mol. The van der Waals surface area contributed by atoms with Crippen LogP contribution < -0.4 is 5.32 Å². The molecule has 1 fully saturated rings. The Kier molecular flexibility index (Phi) is 3.89. The first-order valence-corrected chi connectivity index (χ1v) is 7.92. The second kappa shape index (κ2) is 5.84. The smallest absolute Gasteiger partial charge is 0.412 e. The van der Waals surface area contributed by atoms with Crippen molar-refractivity contribution >= 4 is 17.4 Å². The summed E-state index contributed by atoms with van der Waals surface area (Å²) in [4.78, 5) is 11.9.